The molecule has 0 unspecified atom stereocenters. The standard InChI is InChI=1S/C21H17ClN2O3S/c1-2-13-28(26,27)17-9-6-15(7-10-17)21(25)24-16-8-11-19(22)18(14-16)20-5-3-4-12-23-20/h2-12,14H,1,13H2,(H,24,25). The van der Waals surface area contributed by atoms with Crippen molar-refractivity contribution in [1.29, 1.82) is 0 Å². The number of halogens is 1. The van der Waals surface area contributed by atoms with Gasteiger partial charge in [0, 0.05) is 23.0 Å². The number of carbonyl (C=O) groups is 1. The third-order valence-electron chi connectivity index (χ3n) is 3.98. The lowest BCUT2D eigenvalue weighted by molar-refractivity contribution is 0.102. The van der Waals surface area contributed by atoms with E-state index in [4.69, 9.17) is 11.6 Å². The molecule has 0 saturated carbocycles. The van der Waals surface area contributed by atoms with Gasteiger partial charge in [0.1, 0.15) is 0 Å². The Labute approximate surface area is 168 Å². The van der Waals surface area contributed by atoms with Crippen LogP contribution in [-0.4, -0.2) is 25.1 Å². The van der Waals surface area contributed by atoms with E-state index >= 15 is 0 Å². The minimum atomic E-state index is -3.42. The van der Waals surface area contributed by atoms with Crippen molar-refractivity contribution in [2.45, 2.75) is 4.90 Å². The van der Waals surface area contributed by atoms with Crippen molar-refractivity contribution >= 4 is 33.0 Å². The first-order valence-corrected chi connectivity index (χ1v) is 10.4. The fraction of sp³-hybridized carbons (Fsp3) is 0.0476. The van der Waals surface area contributed by atoms with Crippen molar-refractivity contribution in [3.05, 3.63) is 90.1 Å². The number of sulfone groups is 1. The lowest BCUT2D eigenvalue weighted by Crippen LogP contribution is -2.12. The van der Waals surface area contributed by atoms with Gasteiger partial charge in [-0.3, -0.25) is 9.78 Å². The van der Waals surface area contributed by atoms with E-state index in [0.29, 0.717) is 27.5 Å². The second-order valence-electron chi connectivity index (χ2n) is 5.96. The van der Waals surface area contributed by atoms with E-state index in [1.54, 1.807) is 24.4 Å². The summed E-state index contributed by atoms with van der Waals surface area (Å²) >= 11 is 6.25. The highest BCUT2D eigenvalue weighted by Crippen LogP contribution is 2.29. The Hall–Kier alpha value is -2.96. The van der Waals surface area contributed by atoms with Gasteiger partial charge in [0.05, 0.1) is 21.4 Å². The van der Waals surface area contributed by atoms with Gasteiger partial charge in [0.2, 0.25) is 0 Å². The Balaban J connectivity index is 1.81. The van der Waals surface area contributed by atoms with Crippen LogP contribution in [0.5, 0.6) is 0 Å². The van der Waals surface area contributed by atoms with Crippen molar-refractivity contribution in [3.8, 4) is 11.3 Å². The molecule has 2 aromatic carbocycles. The van der Waals surface area contributed by atoms with Gasteiger partial charge >= 0.3 is 0 Å². The number of amides is 1. The molecule has 142 valence electrons. The summed E-state index contributed by atoms with van der Waals surface area (Å²) in [7, 11) is -3.42. The summed E-state index contributed by atoms with van der Waals surface area (Å²) in [5.74, 6) is -0.512. The molecule has 0 aliphatic rings. The fourth-order valence-corrected chi connectivity index (χ4v) is 3.86. The zero-order valence-corrected chi connectivity index (χ0v) is 16.4. The van der Waals surface area contributed by atoms with Crippen LogP contribution in [-0.2, 0) is 9.84 Å². The number of hydrogen-bond donors (Lipinski definition) is 1. The van der Waals surface area contributed by atoms with Crippen LogP contribution in [0.1, 0.15) is 10.4 Å². The minimum absolute atomic E-state index is 0.146. The first kappa shape index (κ1) is 19.8. The topological polar surface area (TPSA) is 76.1 Å². The highest BCUT2D eigenvalue weighted by Gasteiger charge is 2.14. The lowest BCUT2D eigenvalue weighted by Gasteiger charge is -2.10. The second kappa shape index (κ2) is 8.37. The minimum Gasteiger partial charge on any atom is -0.322 e. The van der Waals surface area contributed by atoms with Crippen LogP contribution in [0.4, 0.5) is 5.69 Å². The molecule has 0 saturated heterocycles. The van der Waals surface area contributed by atoms with Crippen molar-refractivity contribution in [3.63, 3.8) is 0 Å². The molecule has 1 heterocycles. The molecule has 3 rings (SSSR count). The van der Waals surface area contributed by atoms with Gasteiger partial charge in [-0.05, 0) is 54.6 Å². The molecule has 28 heavy (non-hydrogen) atoms. The van der Waals surface area contributed by atoms with Crippen LogP contribution >= 0.6 is 11.6 Å². The van der Waals surface area contributed by atoms with Gasteiger partial charge in [-0.2, -0.15) is 0 Å². The molecule has 1 aromatic heterocycles. The average Bonchev–Trinajstić information content (AvgIpc) is 2.70. The zero-order chi connectivity index (χ0) is 20.1. The van der Waals surface area contributed by atoms with E-state index < -0.39 is 9.84 Å². The number of aromatic nitrogens is 1. The summed E-state index contributed by atoms with van der Waals surface area (Å²) in [6, 6.07) is 16.4. The highest BCUT2D eigenvalue weighted by atomic mass is 35.5. The summed E-state index contributed by atoms with van der Waals surface area (Å²) in [6.45, 7) is 3.44. The molecule has 7 heteroatoms. The average molecular weight is 413 g/mol. The summed E-state index contributed by atoms with van der Waals surface area (Å²) in [5.41, 5.74) is 2.29. The molecule has 0 bridgehead atoms. The normalized spacial score (nSPS) is 11.0. The first-order chi connectivity index (χ1) is 13.4. The van der Waals surface area contributed by atoms with Crippen LogP contribution in [0.2, 0.25) is 5.02 Å². The fourth-order valence-electron chi connectivity index (χ4n) is 2.59. The number of rotatable bonds is 6. The number of nitrogens with one attached hydrogen (secondary N) is 1. The molecule has 0 fully saturated rings. The molecule has 0 atom stereocenters. The summed E-state index contributed by atoms with van der Waals surface area (Å²) in [5, 5.41) is 3.31. The summed E-state index contributed by atoms with van der Waals surface area (Å²) in [4.78, 5) is 16.9. The summed E-state index contributed by atoms with van der Waals surface area (Å²) in [6.07, 6.45) is 2.99. The Morgan fingerprint density at radius 1 is 1.11 bits per heavy atom. The zero-order valence-electron chi connectivity index (χ0n) is 14.8. The number of hydrogen-bond acceptors (Lipinski definition) is 4. The van der Waals surface area contributed by atoms with E-state index in [1.807, 2.05) is 18.2 Å². The summed E-state index contributed by atoms with van der Waals surface area (Å²) < 4.78 is 24.0. The Bertz CT molecular complexity index is 1110. The second-order valence-corrected chi connectivity index (χ2v) is 8.40. The molecule has 1 amide bonds. The first-order valence-electron chi connectivity index (χ1n) is 8.37. The maximum Gasteiger partial charge on any atom is 0.255 e. The van der Waals surface area contributed by atoms with E-state index in [9.17, 15) is 13.2 Å². The van der Waals surface area contributed by atoms with Gasteiger partial charge < -0.3 is 5.32 Å². The molecule has 0 aliphatic carbocycles. The molecule has 1 N–H and O–H groups in total. The predicted octanol–water partition coefficient (Wildman–Crippen LogP) is 4.61. The van der Waals surface area contributed by atoms with Crippen LogP contribution in [0.25, 0.3) is 11.3 Å². The van der Waals surface area contributed by atoms with Crippen molar-refractivity contribution in [1.82, 2.24) is 4.98 Å². The van der Waals surface area contributed by atoms with Crippen LogP contribution < -0.4 is 5.32 Å². The van der Waals surface area contributed by atoms with Gasteiger partial charge in [-0.15, -0.1) is 6.58 Å². The Morgan fingerprint density at radius 3 is 2.50 bits per heavy atom. The smallest absolute Gasteiger partial charge is 0.255 e. The molecule has 3 aromatic rings. The van der Waals surface area contributed by atoms with Crippen LogP contribution in [0.15, 0.2) is 84.4 Å². The van der Waals surface area contributed by atoms with Crippen LogP contribution in [0.3, 0.4) is 0 Å². The Kier molecular flexibility index (Phi) is 5.92. The molecular formula is C21H17ClN2O3S. The predicted molar refractivity (Wildman–Crippen MR) is 111 cm³/mol. The molecular weight excluding hydrogens is 396 g/mol. The van der Waals surface area contributed by atoms with E-state index in [-0.39, 0.29) is 16.6 Å². The molecule has 5 nitrogen and oxygen atoms in total. The number of anilines is 1. The highest BCUT2D eigenvalue weighted by molar-refractivity contribution is 7.91. The third-order valence-corrected chi connectivity index (χ3v) is 5.97. The van der Waals surface area contributed by atoms with Gasteiger partial charge in [-0.1, -0.05) is 23.7 Å². The van der Waals surface area contributed by atoms with E-state index in [1.165, 1.54) is 30.3 Å². The van der Waals surface area contributed by atoms with E-state index in [0.717, 1.165) is 0 Å². The SMILES string of the molecule is C=CCS(=O)(=O)c1ccc(C(=O)Nc2ccc(Cl)c(-c3ccccn3)c2)cc1. The maximum atomic E-state index is 12.5. The molecule has 0 radical (unpaired) electrons. The lowest BCUT2D eigenvalue weighted by atomic mass is 10.1. The Morgan fingerprint density at radius 2 is 1.86 bits per heavy atom. The molecule has 0 spiro atoms. The number of nitrogens with zero attached hydrogens (tertiary/aromatic N) is 1. The van der Waals surface area contributed by atoms with Gasteiger partial charge in [0.25, 0.3) is 5.91 Å². The monoisotopic (exact) mass is 412 g/mol. The number of benzene rings is 2. The van der Waals surface area contributed by atoms with Crippen molar-refractivity contribution in [2.75, 3.05) is 11.1 Å². The van der Waals surface area contributed by atoms with Crippen molar-refractivity contribution < 1.29 is 13.2 Å². The maximum absolute atomic E-state index is 12.5. The quantitative estimate of drug-likeness (QED) is 0.599. The van der Waals surface area contributed by atoms with Gasteiger partial charge in [-0.25, -0.2) is 8.42 Å². The third kappa shape index (κ3) is 4.47. The number of pyridine rings is 1. The number of carbonyl (C=O) groups excluding carboxylic acids is 1. The largest absolute Gasteiger partial charge is 0.322 e. The molecule has 0 aliphatic heterocycles. The van der Waals surface area contributed by atoms with Gasteiger partial charge in [0.15, 0.2) is 9.84 Å². The van der Waals surface area contributed by atoms with E-state index in [2.05, 4.69) is 16.9 Å². The van der Waals surface area contributed by atoms with Crippen LogP contribution in [0, 0.1) is 0 Å². The van der Waals surface area contributed by atoms with Crippen molar-refractivity contribution in [2.24, 2.45) is 0 Å².